The molecule has 6 heteroatoms. The van der Waals surface area contributed by atoms with Crippen LogP contribution >= 0.6 is 11.3 Å². The van der Waals surface area contributed by atoms with E-state index in [0.29, 0.717) is 11.3 Å². The summed E-state index contributed by atoms with van der Waals surface area (Å²) in [5, 5.41) is 2.68. The monoisotopic (exact) mass is 359 g/mol. The van der Waals surface area contributed by atoms with E-state index < -0.39 is 11.9 Å². The van der Waals surface area contributed by atoms with Gasteiger partial charge in [-0.2, -0.15) is 0 Å². The molecule has 1 amide bonds. The number of benzene rings is 1. The molecule has 132 valence electrons. The van der Waals surface area contributed by atoms with Crippen molar-refractivity contribution in [3.63, 3.8) is 0 Å². The van der Waals surface area contributed by atoms with Crippen LogP contribution in [0.2, 0.25) is 0 Å². The maximum Gasteiger partial charge on any atom is 0.306 e. The van der Waals surface area contributed by atoms with E-state index in [0.717, 1.165) is 15.3 Å². The number of nitrogens with one attached hydrogen (secondary N) is 1. The van der Waals surface area contributed by atoms with E-state index >= 15 is 0 Å². The molecule has 0 aliphatic rings. The van der Waals surface area contributed by atoms with Crippen LogP contribution in [0.15, 0.2) is 30.3 Å². The first-order chi connectivity index (χ1) is 11.9. The van der Waals surface area contributed by atoms with Crippen molar-refractivity contribution in [2.45, 2.75) is 33.6 Å². The SMILES string of the molecule is Cc1cc(C(=O)CCC(=O)OCC(=O)Nc2ccccc2C)c(C)s1. The zero-order valence-corrected chi connectivity index (χ0v) is 15.4. The molecule has 0 fully saturated rings. The molecule has 0 saturated heterocycles. The van der Waals surface area contributed by atoms with Gasteiger partial charge >= 0.3 is 5.97 Å². The average molecular weight is 359 g/mol. The highest BCUT2D eigenvalue weighted by atomic mass is 32.1. The summed E-state index contributed by atoms with van der Waals surface area (Å²) in [6.07, 6.45) is 0.0417. The Kier molecular flexibility index (Phi) is 6.47. The molecule has 0 aliphatic heterocycles. The van der Waals surface area contributed by atoms with Crippen molar-refractivity contribution < 1.29 is 19.1 Å². The Labute approximate surface area is 151 Å². The number of hydrogen-bond donors (Lipinski definition) is 1. The van der Waals surface area contributed by atoms with E-state index in [4.69, 9.17) is 4.74 Å². The topological polar surface area (TPSA) is 72.5 Å². The first-order valence-corrected chi connectivity index (χ1v) is 8.80. The first-order valence-electron chi connectivity index (χ1n) is 7.98. The molecule has 5 nitrogen and oxygen atoms in total. The van der Waals surface area contributed by atoms with E-state index in [1.165, 1.54) is 0 Å². The van der Waals surface area contributed by atoms with Crippen LogP contribution in [-0.4, -0.2) is 24.3 Å². The van der Waals surface area contributed by atoms with Crippen molar-refractivity contribution in [1.29, 1.82) is 0 Å². The Hall–Kier alpha value is -2.47. The molecule has 2 rings (SSSR count). The van der Waals surface area contributed by atoms with Crippen LogP contribution in [0, 0.1) is 20.8 Å². The van der Waals surface area contributed by atoms with Gasteiger partial charge in [-0.05, 0) is 38.5 Å². The van der Waals surface area contributed by atoms with Crippen LogP contribution in [0.3, 0.4) is 0 Å². The Balaban J connectivity index is 1.75. The number of rotatable bonds is 7. The number of esters is 1. The third-order valence-corrected chi connectivity index (χ3v) is 4.65. The molecule has 0 bridgehead atoms. The zero-order valence-electron chi connectivity index (χ0n) is 14.5. The number of ether oxygens (including phenoxy) is 1. The molecular weight excluding hydrogens is 338 g/mol. The standard InChI is InChI=1S/C19H21NO4S/c1-12-6-4-5-7-16(12)20-18(22)11-24-19(23)9-8-17(21)15-10-13(2)25-14(15)3/h4-7,10H,8-9,11H2,1-3H3,(H,20,22). The average Bonchev–Trinajstić information content (AvgIpc) is 2.91. The van der Waals surface area contributed by atoms with Crippen LogP contribution in [0.5, 0.6) is 0 Å². The molecule has 0 radical (unpaired) electrons. The van der Waals surface area contributed by atoms with Gasteiger partial charge in [0.1, 0.15) is 0 Å². The molecule has 0 aliphatic carbocycles. The second kappa shape index (κ2) is 8.58. The summed E-state index contributed by atoms with van der Waals surface area (Å²) >= 11 is 1.56. The number of para-hydroxylation sites is 1. The molecule has 0 saturated carbocycles. The van der Waals surface area contributed by atoms with Crippen LogP contribution in [0.1, 0.15) is 38.5 Å². The molecular formula is C19H21NO4S. The molecule has 2 aromatic rings. The fourth-order valence-electron chi connectivity index (χ4n) is 2.38. The van der Waals surface area contributed by atoms with Crippen molar-refractivity contribution in [2.24, 2.45) is 0 Å². The number of carbonyl (C=O) groups excluding carboxylic acids is 3. The van der Waals surface area contributed by atoms with E-state index in [-0.39, 0.29) is 25.2 Å². The van der Waals surface area contributed by atoms with Crippen LogP contribution < -0.4 is 5.32 Å². The lowest BCUT2D eigenvalue weighted by Gasteiger charge is -2.08. The normalized spacial score (nSPS) is 10.4. The highest BCUT2D eigenvalue weighted by Gasteiger charge is 2.15. The predicted octanol–water partition coefficient (Wildman–Crippen LogP) is 3.82. The van der Waals surface area contributed by atoms with Crippen molar-refractivity contribution in [3.8, 4) is 0 Å². The Morgan fingerprint density at radius 3 is 2.44 bits per heavy atom. The maximum atomic E-state index is 12.1. The summed E-state index contributed by atoms with van der Waals surface area (Å²) in [4.78, 5) is 37.7. The lowest BCUT2D eigenvalue weighted by atomic mass is 10.1. The van der Waals surface area contributed by atoms with Gasteiger partial charge in [-0.15, -0.1) is 11.3 Å². The molecule has 1 N–H and O–H groups in total. The minimum absolute atomic E-state index is 0.0369. The minimum Gasteiger partial charge on any atom is -0.456 e. The van der Waals surface area contributed by atoms with E-state index in [2.05, 4.69) is 5.32 Å². The van der Waals surface area contributed by atoms with Crippen molar-refractivity contribution in [1.82, 2.24) is 0 Å². The Morgan fingerprint density at radius 2 is 1.80 bits per heavy atom. The summed E-state index contributed by atoms with van der Waals surface area (Å²) in [6.45, 7) is 5.34. The highest BCUT2D eigenvalue weighted by molar-refractivity contribution is 7.12. The van der Waals surface area contributed by atoms with Crippen LogP contribution in [0.25, 0.3) is 0 Å². The van der Waals surface area contributed by atoms with Gasteiger partial charge in [0.15, 0.2) is 12.4 Å². The first kappa shape index (κ1) is 18.9. The summed E-state index contributed by atoms with van der Waals surface area (Å²) in [6, 6.07) is 9.18. The second-order valence-electron chi connectivity index (χ2n) is 5.77. The van der Waals surface area contributed by atoms with Gasteiger partial charge in [0.2, 0.25) is 0 Å². The smallest absolute Gasteiger partial charge is 0.306 e. The third-order valence-electron chi connectivity index (χ3n) is 3.68. The second-order valence-corrected chi connectivity index (χ2v) is 7.23. The molecule has 1 aromatic heterocycles. The number of anilines is 1. The van der Waals surface area contributed by atoms with Gasteiger partial charge in [0.25, 0.3) is 5.91 Å². The Morgan fingerprint density at radius 1 is 1.08 bits per heavy atom. The number of aryl methyl sites for hydroxylation is 3. The van der Waals surface area contributed by atoms with Crippen LogP contribution in [0.4, 0.5) is 5.69 Å². The lowest BCUT2D eigenvalue weighted by molar-refractivity contribution is -0.147. The van der Waals surface area contributed by atoms with Gasteiger partial charge in [0.05, 0.1) is 6.42 Å². The summed E-state index contributed by atoms with van der Waals surface area (Å²) in [5.74, 6) is -1.04. The number of amides is 1. The van der Waals surface area contributed by atoms with Gasteiger partial charge in [-0.1, -0.05) is 18.2 Å². The zero-order chi connectivity index (χ0) is 18.4. The van der Waals surface area contributed by atoms with Crippen molar-refractivity contribution in [2.75, 3.05) is 11.9 Å². The molecule has 0 atom stereocenters. The molecule has 1 aromatic carbocycles. The van der Waals surface area contributed by atoms with Gasteiger partial charge in [-0.25, -0.2) is 0 Å². The molecule has 1 heterocycles. The fraction of sp³-hybridized carbons (Fsp3) is 0.316. The minimum atomic E-state index is -0.558. The van der Waals surface area contributed by atoms with E-state index in [9.17, 15) is 14.4 Å². The van der Waals surface area contributed by atoms with Crippen molar-refractivity contribution in [3.05, 3.63) is 51.2 Å². The highest BCUT2D eigenvalue weighted by Crippen LogP contribution is 2.22. The van der Waals surface area contributed by atoms with Gasteiger partial charge in [0, 0.05) is 27.4 Å². The number of Topliss-reactive ketones (excluding diaryl/α,β-unsaturated/α-hetero) is 1. The number of hydrogen-bond acceptors (Lipinski definition) is 5. The predicted molar refractivity (Wildman–Crippen MR) is 98.1 cm³/mol. The molecule has 25 heavy (non-hydrogen) atoms. The van der Waals surface area contributed by atoms with E-state index in [1.807, 2.05) is 45.0 Å². The summed E-state index contributed by atoms with van der Waals surface area (Å²) in [7, 11) is 0. The summed E-state index contributed by atoms with van der Waals surface area (Å²) < 4.78 is 4.94. The number of ketones is 1. The van der Waals surface area contributed by atoms with E-state index in [1.54, 1.807) is 17.4 Å². The number of carbonyl (C=O) groups is 3. The maximum absolute atomic E-state index is 12.1. The fourth-order valence-corrected chi connectivity index (χ4v) is 3.32. The molecule has 0 spiro atoms. The number of thiophene rings is 1. The van der Waals surface area contributed by atoms with Crippen LogP contribution in [-0.2, 0) is 14.3 Å². The summed E-state index contributed by atoms with van der Waals surface area (Å²) in [5.41, 5.74) is 2.27. The largest absolute Gasteiger partial charge is 0.456 e. The van der Waals surface area contributed by atoms with Crippen molar-refractivity contribution >= 4 is 34.7 Å². The third kappa shape index (κ3) is 5.53. The quantitative estimate of drug-likeness (QED) is 0.602. The molecule has 0 unspecified atom stereocenters. The van der Waals surface area contributed by atoms with Gasteiger partial charge < -0.3 is 10.1 Å². The lowest BCUT2D eigenvalue weighted by Crippen LogP contribution is -2.21. The van der Waals surface area contributed by atoms with Gasteiger partial charge in [-0.3, -0.25) is 14.4 Å². The Bertz CT molecular complexity index is 794.